The summed E-state index contributed by atoms with van der Waals surface area (Å²) in [7, 11) is 0. The Labute approximate surface area is 493 Å². The maximum absolute atomic E-state index is 10.1. The minimum absolute atomic E-state index is 0. The maximum Gasteiger partial charge on any atom is 3.00 e. The predicted octanol–water partition coefficient (Wildman–Crippen LogP) is 18.3. The van der Waals surface area contributed by atoms with Crippen LogP contribution >= 0.6 is 0 Å². The summed E-state index contributed by atoms with van der Waals surface area (Å²) in [6.07, 6.45) is 6.59. The standard InChI is InChI=1S/C75H61N4.Ir/c1-51-14-6-7-15-66(51)70-47-74(79-50-52(70)2)62-38-39-69(71(46-62)58-34-32-57(33-35-58)61-36-37-63(49-76)65(45-61)48-75(3,4)5)68-17-9-8-16-67(68)64-43-55(22-20-53-24-28-59(29-25-53)72-18-10-12-40-77-72)42-56(44-64)23-21-54-26-30-60(31-27-54)73-19-11-13-41-78-73;/h6-19,24-28,30,32-37,39-47,50H,20-23,48H2,1-5H3;/q-3;+3/i2D3,48D2;. The van der Waals surface area contributed by atoms with E-state index in [9.17, 15) is 5.26 Å². The van der Waals surface area contributed by atoms with Crippen molar-refractivity contribution in [2.24, 2.45) is 5.41 Å². The van der Waals surface area contributed by atoms with Crippen LogP contribution in [-0.2, 0) is 52.2 Å². The molecule has 0 radical (unpaired) electrons. The van der Waals surface area contributed by atoms with E-state index in [0.717, 1.165) is 104 Å². The fourth-order valence-electron chi connectivity index (χ4n) is 10.3. The van der Waals surface area contributed by atoms with E-state index in [2.05, 4.69) is 131 Å². The molecular formula is C75H61IrN4. The molecule has 11 rings (SSSR count). The van der Waals surface area contributed by atoms with Gasteiger partial charge in [0.25, 0.3) is 0 Å². The van der Waals surface area contributed by atoms with Crippen LogP contribution in [0.2, 0.25) is 0 Å². The molecule has 3 aromatic heterocycles. The summed E-state index contributed by atoms with van der Waals surface area (Å²) in [6.45, 7) is 5.14. The molecule has 80 heavy (non-hydrogen) atoms. The van der Waals surface area contributed by atoms with Gasteiger partial charge in [0, 0.05) is 25.4 Å². The number of aryl methyl sites for hydroxylation is 6. The maximum atomic E-state index is 10.1. The van der Waals surface area contributed by atoms with Gasteiger partial charge in [0.15, 0.2) is 0 Å². The van der Waals surface area contributed by atoms with Gasteiger partial charge in [0.2, 0.25) is 0 Å². The average molecular weight is 1220 g/mol. The molecule has 0 atom stereocenters. The summed E-state index contributed by atoms with van der Waals surface area (Å²) >= 11 is 0. The van der Waals surface area contributed by atoms with Crippen molar-refractivity contribution in [1.29, 1.82) is 5.26 Å². The second-order valence-corrected chi connectivity index (χ2v) is 21.2. The first-order valence-electron chi connectivity index (χ1n) is 29.4. The Hall–Kier alpha value is -8.65. The quantitative estimate of drug-likeness (QED) is 0.0960. The number of nitriles is 1. The molecule has 5 heteroatoms. The Morgan fingerprint density at radius 3 is 1.61 bits per heavy atom. The number of hydrogen-bond donors (Lipinski definition) is 0. The fraction of sp³-hybridized carbons (Fsp3) is 0.147. The van der Waals surface area contributed by atoms with E-state index in [0.29, 0.717) is 27.9 Å². The summed E-state index contributed by atoms with van der Waals surface area (Å²) < 4.78 is 43.8. The minimum Gasteiger partial charge on any atom is -0.305 e. The van der Waals surface area contributed by atoms with Gasteiger partial charge in [-0.2, -0.15) is 5.26 Å². The van der Waals surface area contributed by atoms with Gasteiger partial charge in [-0.05, 0) is 147 Å². The van der Waals surface area contributed by atoms with Crippen molar-refractivity contribution in [3.8, 4) is 95.5 Å². The second kappa shape index (κ2) is 24.6. The Morgan fingerprint density at radius 2 is 1.04 bits per heavy atom. The second-order valence-electron chi connectivity index (χ2n) is 21.2. The Balaban J connectivity index is 0.00000803. The zero-order chi connectivity index (χ0) is 58.6. The fourth-order valence-corrected chi connectivity index (χ4v) is 10.3. The van der Waals surface area contributed by atoms with E-state index in [4.69, 9.17) is 11.8 Å². The molecule has 3 heterocycles. The van der Waals surface area contributed by atoms with Crippen molar-refractivity contribution in [2.45, 2.75) is 66.6 Å². The predicted molar refractivity (Wildman–Crippen MR) is 325 cm³/mol. The van der Waals surface area contributed by atoms with Crippen molar-refractivity contribution in [1.82, 2.24) is 15.0 Å². The van der Waals surface area contributed by atoms with E-state index in [1.807, 2.05) is 125 Å². The summed E-state index contributed by atoms with van der Waals surface area (Å²) in [5.74, 6) is 0. The summed E-state index contributed by atoms with van der Waals surface area (Å²) in [5.41, 5.74) is 19.9. The topological polar surface area (TPSA) is 62.5 Å². The number of pyridine rings is 3. The number of hydrogen-bond acceptors (Lipinski definition) is 4. The summed E-state index contributed by atoms with van der Waals surface area (Å²) in [6, 6.07) is 80.4. The molecule has 0 bridgehead atoms. The SMILES string of the molecule is [2H]C([2H])([2H])c1cnc(-c2[c-]cc(-c3ccccc3-c3cc(CCc4c[c-]c(-c5ccccn5)cc4)cc(CCc4c[c-]c(-c5ccccn5)cc4)c3)c(-c3ccc(-c4ccc(C#N)c(C([2H])([2H])C(C)(C)C)c4)cc3)c2)cc1-c1ccccc1C.[Ir+3]. The van der Waals surface area contributed by atoms with Gasteiger partial charge >= 0.3 is 20.1 Å². The van der Waals surface area contributed by atoms with Crippen LogP contribution < -0.4 is 0 Å². The Bertz CT molecular complexity index is 4080. The summed E-state index contributed by atoms with van der Waals surface area (Å²) in [4.78, 5) is 13.9. The van der Waals surface area contributed by atoms with E-state index in [-0.39, 0.29) is 25.7 Å². The molecular weight excluding hydrogens is 1150 g/mol. The zero-order valence-corrected chi connectivity index (χ0v) is 47.6. The average Bonchev–Trinajstić information content (AvgIpc) is 2.48. The zero-order valence-electron chi connectivity index (χ0n) is 50.2. The van der Waals surface area contributed by atoms with Crippen LogP contribution in [0.15, 0.2) is 219 Å². The monoisotopic (exact) mass is 1220 g/mol. The van der Waals surface area contributed by atoms with Gasteiger partial charge in [-0.15, -0.1) is 94.5 Å². The molecule has 0 saturated carbocycles. The van der Waals surface area contributed by atoms with Crippen LogP contribution in [0, 0.1) is 48.7 Å². The molecule has 0 saturated heterocycles. The van der Waals surface area contributed by atoms with E-state index in [1.165, 1.54) is 28.5 Å². The van der Waals surface area contributed by atoms with E-state index in [1.54, 1.807) is 18.5 Å². The summed E-state index contributed by atoms with van der Waals surface area (Å²) in [5, 5.41) is 10.1. The van der Waals surface area contributed by atoms with Gasteiger partial charge in [0.1, 0.15) is 0 Å². The first kappa shape index (κ1) is 48.5. The molecule has 0 N–H and O–H groups in total. The van der Waals surface area contributed by atoms with Crippen LogP contribution in [0.3, 0.4) is 0 Å². The molecule has 0 spiro atoms. The van der Waals surface area contributed by atoms with Gasteiger partial charge in [0.05, 0.1) is 11.6 Å². The largest absolute Gasteiger partial charge is 3.00 e. The van der Waals surface area contributed by atoms with Crippen LogP contribution in [0.1, 0.15) is 72.1 Å². The molecule has 4 nitrogen and oxygen atoms in total. The van der Waals surface area contributed by atoms with Crippen LogP contribution in [0.5, 0.6) is 0 Å². The van der Waals surface area contributed by atoms with Crippen molar-refractivity contribution in [2.75, 3.05) is 0 Å². The third-order valence-electron chi connectivity index (χ3n) is 14.4. The van der Waals surface area contributed by atoms with Gasteiger partial charge in [-0.1, -0.05) is 178 Å². The van der Waals surface area contributed by atoms with E-state index < -0.39 is 18.6 Å². The molecule has 390 valence electrons. The molecule has 0 amide bonds. The third kappa shape index (κ3) is 12.8. The van der Waals surface area contributed by atoms with Crippen molar-refractivity contribution in [3.05, 3.63) is 281 Å². The molecule has 11 aromatic rings. The van der Waals surface area contributed by atoms with Crippen LogP contribution in [-0.4, -0.2) is 15.0 Å². The number of aromatic nitrogens is 3. The first-order valence-corrected chi connectivity index (χ1v) is 26.9. The van der Waals surface area contributed by atoms with Gasteiger partial charge in [-0.3, -0.25) is 0 Å². The molecule has 0 aliphatic rings. The molecule has 0 unspecified atom stereocenters. The van der Waals surface area contributed by atoms with Crippen molar-refractivity contribution in [3.63, 3.8) is 0 Å². The van der Waals surface area contributed by atoms with Crippen molar-refractivity contribution < 1.29 is 27.0 Å². The molecule has 0 fully saturated rings. The van der Waals surface area contributed by atoms with Crippen LogP contribution in [0.4, 0.5) is 0 Å². The van der Waals surface area contributed by atoms with Gasteiger partial charge < -0.3 is 15.0 Å². The normalized spacial score (nSPS) is 12.5. The van der Waals surface area contributed by atoms with Crippen molar-refractivity contribution >= 4 is 0 Å². The molecule has 0 aliphatic heterocycles. The Morgan fingerprint density at radius 1 is 0.463 bits per heavy atom. The van der Waals surface area contributed by atoms with E-state index >= 15 is 0 Å². The first-order chi connectivity index (χ1) is 40.5. The Kier molecular flexibility index (Phi) is 14.9. The number of nitrogens with zero attached hydrogens (tertiary/aromatic N) is 4. The van der Waals surface area contributed by atoms with Crippen LogP contribution in [0.25, 0.3) is 89.4 Å². The number of rotatable bonds is 15. The minimum atomic E-state index is -2.40. The number of benzene rings is 8. The molecule has 0 aliphatic carbocycles. The smallest absolute Gasteiger partial charge is 0.305 e. The molecule has 8 aromatic carbocycles. The third-order valence-corrected chi connectivity index (χ3v) is 14.4. The van der Waals surface area contributed by atoms with Gasteiger partial charge in [-0.25, -0.2) is 0 Å².